The van der Waals surface area contributed by atoms with Crippen LogP contribution in [0.3, 0.4) is 0 Å². The highest BCUT2D eigenvalue weighted by atomic mass is 32.1. The topological polar surface area (TPSA) is 81.4 Å². The Morgan fingerprint density at radius 1 is 1.35 bits per heavy atom. The van der Waals surface area contributed by atoms with Crippen LogP contribution in [0.2, 0.25) is 0 Å². The molecule has 0 radical (unpaired) electrons. The zero-order valence-electron chi connectivity index (χ0n) is 12.3. The molecule has 8 heteroatoms. The van der Waals surface area contributed by atoms with Crippen LogP contribution in [-0.2, 0) is 4.74 Å². The second-order valence-electron chi connectivity index (χ2n) is 4.60. The van der Waals surface area contributed by atoms with Gasteiger partial charge in [-0.05, 0) is 24.4 Å². The number of hydrogen-bond donors (Lipinski definition) is 1. The third kappa shape index (κ3) is 3.17. The Labute approximate surface area is 139 Å². The molecule has 3 heterocycles. The summed E-state index contributed by atoms with van der Waals surface area (Å²) in [6.45, 7) is 1.84. The summed E-state index contributed by atoms with van der Waals surface area (Å²) >= 11 is 2.79. The van der Waals surface area contributed by atoms with Crippen molar-refractivity contribution in [2.45, 2.75) is 6.92 Å². The van der Waals surface area contributed by atoms with Crippen LogP contribution >= 0.6 is 22.7 Å². The fourth-order valence-corrected chi connectivity index (χ4v) is 3.52. The standard InChI is InChI=1S/C15H12N2O4S2/c1-8-6-9(15(19)20-2)14(23-8)16-13(18)10-7-11(21-17-10)12-4-3-5-22-12/h3-7H,1-2H3,(H,16,18). The lowest BCUT2D eigenvalue weighted by Gasteiger charge is -2.02. The van der Waals surface area contributed by atoms with Gasteiger partial charge in [-0.15, -0.1) is 22.7 Å². The number of nitrogens with zero attached hydrogens (tertiary/aromatic N) is 1. The van der Waals surface area contributed by atoms with Gasteiger partial charge in [-0.3, -0.25) is 4.79 Å². The largest absolute Gasteiger partial charge is 0.465 e. The molecule has 3 aromatic rings. The van der Waals surface area contributed by atoms with E-state index in [1.165, 1.54) is 29.8 Å². The lowest BCUT2D eigenvalue weighted by molar-refractivity contribution is 0.0602. The second-order valence-corrected chi connectivity index (χ2v) is 6.80. The summed E-state index contributed by atoms with van der Waals surface area (Å²) in [7, 11) is 1.30. The average Bonchev–Trinajstić information content (AvgIpc) is 3.26. The smallest absolute Gasteiger partial charge is 0.340 e. The molecule has 0 unspecified atom stereocenters. The van der Waals surface area contributed by atoms with Crippen LogP contribution in [0.5, 0.6) is 0 Å². The van der Waals surface area contributed by atoms with Gasteiger partial charge in [-0.1, -0.05) is 11.2 Å². The van der Waals surface area contributed by atoms with Crippen molar-refractivity contribution in [1.82, 2.24) is 5.16 Å². The molecule has 0 fully saturated rings. The van der Waals surface area contributed by atoms with Crippen molar-refractivity contribution >= 4 is 39.6 Å². The summed E-state index contributed by atoms with van der Waals surface area (Å²) in [4.78, 5) is 25.8. The van der Waals surface area contributed by atoms with Gasteiger partial charge in [0, 0.05) is 10.9 Å². The molecule has 1 N–H and O–H groups in total. The van der Waals surface area contributed by atoms with E-state index in [4.69, 9.17) is 9.26 Å². The molecule has 3 rings (SSSR count). The van der Waals surface area contributed by atoms with Crippen molar-refractivity contribution in [3.8, 4) is 10.6 Å². The van der Waals surface area contributed by atoms with Gasteiger partial charge in [0.15, 0.2) is 11.5 Å². The Hall–Kier alpha value is -2.45. The number of methoxy groups -OCH3 is 1. The molecule has 0 atom stereocenters. The summed E-state index contributed by atoms with van der Waals surface area (Å²) in [5.74, 6) is -0.409. The van der Waals surface area contributed by atoms with Crippen LogP contribution in [-0.4, -0.2) is 24.1 Å². The Balaban J connectivity index is 1.81. The predicted octanol–water partition coefficient (Wildman–Crippen LogP) is 3.81. The number of amides is 1. The van der Waals surface area contributed by atoms with E-state index in [0.717, 1.165) is 9.75 Å². The SMILES string of the molecule is COC(=O)c1cc(C)sc1NC(=O)c1cc(-c2cccs2)on1. The number of aromatic nitrogens is 1. The third-order valence-electron chi connectivity index (χ3n) is 2.99. The molecule has 3 aromatic heterocycles. The highest BCUT2D eigenvalue weighted by Gasteiger charge is 2.20. The van der Waals surface area contributed by atoms with Gasteiger partial charge >= 0.3 is 5.97 Å². The number of carbonyl (C=O) groups is 2. The first-order valence-corrected chi connectivity index (χ1v) is 8.29. The highest BCUT2D eigenvalue weighted by molar-refractivity contribution is 7.16. The number of aryl methyl sites for hydroxylation is 1. The molecule has 0 aromatic carbocycles. The zero-order chi connectivity index (χ0) is 16.4. The lowest BCUT2D eigenvalue weighted by Crippen LogP contribution is -2.14. The van der Waals surface area contributed by atoms with Gasteiger partial charge in [0.25, 0.3) is 5.91 Å². The molecule has 0 saturated heterocycles. The minimum atomic E-state index is -0.496. The van der Waals surface area contributed by atoms with Crippen molar-refractivity contribution in [1.29, 1.82) is 0 Å². The Kier molecular flexibility index (Phi) is 4.26. The Bertz CT molecular complexity index is 849. The molecule has 1 amide bonds. The maximum atomic E-state index is 12.3. The number of nitrogens with one attached hydrogen (secondary N) is 1. The monoisotopic (exact) mass is 348 g/mol. The maximum absolute atomic E-state index is 12.3. The van der Waals surface area contributed by atoms with Crippen molar-refractivity contribution in [3.63, 3.8) is 0 Å². The van der Waals surface area contributed by atoms with E-state index in [2.05, 4.69) is 10.5 Å². The quantitative estimate of drug-likeness (QED) is 0.725. The molecule has 23 heavy (non-hydrogen) atoms. The van der Waals surface area contributed by atoms with Crippen molar-refractivity contribution in [2.24, 2.45) is 0 Å². The lowest BCUT2D eigenvalue weighted by atomic mass is 10.3. The minimum Gasteiger partial charge on any atom is -0.465 e. The predicted molar refractivity (Wildman–Crippen MR) is 88.2 cm³/mol. The van der Waals surface area contributed by atoms with E-state index in [9.17, 15) is 9.59 Å². The summed E-state index contributed by atoms with van der Waals surface area (Å²) in [6.07, 6.45) is 0. The molecule has 0 aliphatic heterocycles. The van der Waals surface area contributed by atoms with Gasteiger partial charge in [0.1, 0.15) is 5.00 Å². The first-order chi connectivity index (χ1) is 11.1. The first kappa shape index (κ1) is 15.4. The van der Waals surface area contributed by atoms with Gasteiger partial charge < -0.3 is 14.6 Å². The van der Waals surface area contributed by atoms with Crippen LogP contribution in [0.1, 0.15) is 25.7 Å². The van der Waals surface area contributed by atoms with E-state index in [-0.39, 0.29) is 5.69 Å². The molecule has 0 spiro atoms. The van der Waals surface area contributed by atoms with Gasteiger partial charge in [-0.2, -0.15) is 0 Å². The minimum absolute atomic E-state index is 0.148. The molecule has 118 valence electrons. The number of hydrogen-bond acceptors (Lipinski definition) is 7. The summed E-state index contributed by atoms with van der Waals surface area (Å²) in [6, 6.07) is 7.01. The van der Waals surface area contributed by atoms with E-state index in [0.29, 0.717) is 16.3 Å². The molecular weight excluding hydrogens is 336 g/mol. The van der Waals surface area contributed by atoms with Crippen LogP contribution in [0.4, 0.5) is 5.00 Å². The normalized spacial score (nSPS) is 10.5. The second kappa shape index (κ2) is 6.35. The summed E-state index contributed by atoms with van der Waals surface area (Å²) in [5.41, 5.74) is 0.473. The van der Waals surface area contributed by atoms with Gasteiger partial charge in [0.2, 0.25) is 0 Å². The molecule has 0 saturated carbocycles. The number of thiophene rings is 2. The molecule has 0 bridgehead atoms. The molecular formula is C15H12N2O4S2. The Morgan fingerprint density at radius 3 is 2.87 bits per heavy atom. The number of ether oxygens (including phenoxy) is 1. The van der Waals surface area contributed by atoms with Crippen LogP contribution in [0, 0.1) is 6.92 Å². The van der Waals surface area contributed by atoms with E-state index < -0.39 is 11.9 Å². The summed E-state index contributed by atoms with van der Waals surface area (Å²) in [5, 5.41) is 8.80. The third-order valence-corrected chi connectivity index (χ3v) is 4.84. The fraction of sp³-hybridized carbons (Fsp3) is 0.133. The number of rotatable bonds is 4. The maximum Gasteiger partial charge on any atom is 0.340 e. The van der Waals surface area contributed by atoms with Crippen LogP contribution in [0.15, 0.2) is 34.2 Å². The highest BCUT2D eigenvalue weighted by Crippen LogP contribution is 2.29. The van der Waals surface area contributed by atoms with Gasteiger partial charge in [-0.25, -0.2) is 4.79 Å². The fourth-order valence-electron chi connectivity index (χ4n) is 1.95. The van der Waals surface area contributed by atoms with E-state index in [1.807, 2.05) is 24.4 Å². The first-order valence-electron chi connectivity index (χ1n) is 6.59. The van der Waals surface area contributed by atoms with Crippen molar-refractivity contribution in [3.05, 3.63) is 45.8 Å². The summed E-state index contributed by atoms with van der Waals surface area (Å²) < 4.78 is 9.90. The van der Waals surface area contributed by atoms with Crippen LogP contribution in [0.25, 0.3) is 10.6 Å². The number of anilines is 1. The number of carbonyl (C=O) groups excluding carboxylic acids is 2. The Morgan fingerprint density at radius 2 is 2.17 bits per heavy atom. The average molecular weight is 348 g/mol. The van der Waals surface area contributed by atoms with E-state index in [1.54, 1.807) is 12.1 Å². The zero-order valence-corrected chi connectivity index (χ0v) is 13.9. The molecule has 0 aliphatic rings. The van der Waals surface area contributed by atoms with Crippen LogP contribution < -0.4 is 5.32 Å². The van der Waals surface area contributed by atoms with Crippen molar-refractivity contribution < 1.29 is 18.8 Å². The van der Waals surface area contributed by atoms with Gasteiger partial charge in [0.05, 0.1) is 17.6 Å². The van der Waals surface area contributed by atoms with Crippen molar-refractivity contribution in [2.75, 3.05) is 12.4 Å². The molecule has 6 nitrogen and oxygen atoms in total. The molecule has 0 aliphatic carbocycles. The van der Waals surface area contributed by atoms with E-state index >= 15 is 0 Å². The number of esters is 1.